The first-order valence-electron chi connectivity index (χ1n) is 5.19. The topological polar surface area (TPSA) is 26.3 Å². The maximum Gasteiger partial charge on any atom is 0.162 e. The average Bonchev–Trinajstić information content (AvgIpc) is 2.27. The van der Waals surface area contributed by atoms with Crippen molar-refractivity contribution in [1.29, 1.82) is 0 Å². The van der Waals surface area contributed by atoms with E-state index < -0.39 is 0 Å². The second-order valence-corrected chi connectivity index (χ2v) is 3.28. The van der Waals surface area contributed by atoms with Crippen molar-refractivity contribution in [3.63, 3.8) is 0 Å². The van der Waals surface area contributed by atoms with Gasteiger partial charge >= 0.3 is 0 Å². The van der Waals surface area contributed by atoms with Crippen LogP contribution in [0.1, 0.15) is 37.0 Å². The third-order valence-corrected chi connectivity index (χ3v) is 1.99. The predicted molar refractivity (Wildman–Crippen MR) is 61.1 cm³/mol. The summed E-state index contributed by atoms with van der Waals surface area (Å²) in [7, 11) is 0. The molecule has 0 aromatic heterocycles. The highest BCUT2D eigenvalue weighted by Crippen LogP contribution is 2.14. The standard InChI is InChI=1S/C13H16O2/c1-3-5-13(14)11-6-8-12(9-7-11)15-10-4-2/h4,6-10H,3,5H2,1-2H3. The summed E-state index contributed by atoms with van der Waals surface area (Å²) >= 11 is 0. The second-order valence-electron chi connectivity index (χ2n) is 3.28. The fourth-order valence-corrected chi connectivity index (χ4v) is 1.24. The normalized spacial score (nSPS) is 10.5. The van der Waals surface area contributed by atoms with Gasteiger partial charge in [0.1, 0.15) is 5.75 Å². The smallest absolute Gasteiger partial charge is 0.162 e. The highest BCUT2D eigenvalue weighted by Gasteiger charge is 2.03. The van der Waals surface area contributed by atoms with Gasteiger partial charge in [0.2, 0.25) is 0 Å². The Balaban J connectivity index is 2.67. The highest BCUT2D eigenvalue weighted by molar-refractivity contribution is 5.96. The Hall–Kier alpha value is -1.57. The van der Waals surface area contributed by atoms with Crippen molar-refractivity contribution in [3.05, 3.63) is 42.2 Å². The fourth-order valence-electron chi connectivity index (χ4n) is 1.24. The van der Waals surface area contributed by atoms with Crippen LogP contribution in [0.5, 0.6) is 5.75 Å². The summed E-state index contributed by atoms with van der Waals surface area (Å²) in [5.41, 5.74) is 0.754. The summed E-state index contributed by atoms with van der Waals surface area (Å²) in [6.07, 6.45) is 4.92. The van der Waals surface area contributed by atoms with Crippen molar-refractivity contribution >= 4 is 5.78 Å². The SMILES string of the molecule is CC=COc1ccc(C(=O)CCC)cc1. The molecule has 0 fully saturated rings. The van der Waals surface area contributed by atoms with Crippen LogP contribution < -0.4 is 4.74 Å². The van der Waals surface area contributed by atoms with Gasteiger partial charge in [-0.1, -0.05) is 13.0 Å². The van der Waals surface area contributed by atoms with Crippen LogP contribution in [0.3, 0.4) is 0 Å². The minimum absolute atomic E-state index is 0.190. The molecule has 0 aliphatic rings. The van der Waals surface area contributed by atoms with Gasteiger partial charge in [-0.25, -0.2) is 0 Å². The molecule has 0 atom stereocenters. The lowest BCUT2D eigenvalue weighted by atomic mass is 10.1. The summed E-state index contributed by atoms with van der Waals surface area (Å²) in [5.74, 6) is 0.941. The lowest BCUT2D eigenvalue weighted by Crippen LogP contribution is -1.97. The zero-order valence-corrected chi connectivity index (χ0v) is 9.19. The van der Waals surface area contributed by atoms with Crippen molar-refractivity contribution < 1.29 is 9.53 Å². The van der Waals surface area contributed by atoms with Crippen LogP contribution in [0.2, 0.25) is 0 Å². The minimum atomic E-state index is 0.190. The fraction of sp³-hybridized carbons (Fsp3) is 0.308. The maximum atomic E-state index is 11.5. The lowest BCUT2D eigenvalue weighted by Gasteiger charge is -2.02. The van der Waals surface area contributed by atoms with Crippen molar-refractivity contribution in [2.75, 3.05) is 0 Å². The molecule has 0 amide bonds. The van der Waals surface area contributed by atoms with Crippen molar-refractivity contribution in [1.82, 2.24) is 0 Å². The van der Waals surface area contributed by atoms with Gasteiger partial charge in [0.05, 0.1) is 6.26 Å². The molecule has 2 nitrogen and oxygen atoms in total. The summed E-state index contributed by atoms with van der Waals surface area (Å²) in [4.78, 5) is 11.5. The third kappa shape index (κ3) is 3.58. The van der Waals surface area contributed by atoms with Crippen molar-refractivity contribution in [2.24, 2.45) is 0 Å². The zero-order valence-electron chi connectivity index (χ0n) is 9.19. The monoisotopic (exact) mass is 204 g/mol. The van der Waals surface area contributed by atoms with Crippen LogP contribution in [-0.2, 0) is 0 Å². The Kier molecular flexibility index (Phi) is 4.61. The van der Waals surface area contributed by atoms with Crippen LogP contribution in [-0.4, -0.2) is 5.78 Å². The predicted octanol–water partition coefficient (Wildman–Crippen LogP) is 3.58. The Morgan fingerprint density at radius 3 is 2.53 bits per heavy atom. The van der Waals surface area contributed by atoms with Gasteiger partial charge < -0.3 is 4.74 Å². The molecule has 2 heteroatoms. The number of hydrogen-bond donors (Lipinski definition) is 0. The first-order valence-corrected chi connectivity index (χ1v) is 5.19. The quantitative estimate of drug-likeness (QED) is 0.541. The summed E-state index contributed by atoms with van der Waals surface area (Å²) < 4.78 is 5.26. The largest absolute Gasteiger partial charge is 0.465 e. The van der Waals surface area contributed by atoms with Crippen LogP contribution in [0.25, 0.3) is 0 Å². The first-order chi connectivity index (χ1) is 7.27. The highest BCUT2D eigenvalue weighted by atomic mass is 16.5. The zero-order chi connectivity index (χ0) is 11.1. The van der Waals surface area contributed by atoms with Gasteiger partial charge in [0, 0.05) is 12.0 Å². The molecule has 15 heavy (non-hydrogen) atoms. The van der Waals surface area contributed by atoms with Gasteiger partial charge in [0.25, 0.3) is 0 Å². The number of ether oxygens (including phenoxy) is 1. The van der Waals surface area contributed by atoms with E-state index in [0.717, 1.165) is 17.7 Å². The summed E-state index contributed by atoms with van der Waals surface area (Å²) in [6, 6.07) is 7.22. The Morgan fingerprint density at radius 1 is 1.33 bits per heavy atom. The molecule has 1 aromatic rings. The molecule has 1 rings (SSSR count). The summed E-state index contributed by atoms with van der Waals surface area (Å²) in [5, 5.41) is 0. The van der Waals surface area contributed by atoms with E-state index in [1.54, 1.807) is 18.4 Å². The number of carbonyl (C=O) groups is 1. The third-order valence-electron chi connectivity index (χ3n) is 1.99. The molecule has 0 N–H and O–H groups in total. The Morgan fingerprint density at radius 2 is 2.00 bits per heavy atom. The van der Waals surface area contributed by atoms with Gasteiger partial charge in [-0.05, 0) is 37.6 Å². The van der Waals surface area contributed by atoms with Crippen LogP contribution >= 0.6 is 0 Å². The molecule has 0 spiro atoms. The Bertz CT molecular complexity index is 336. The van der Waals surface area contributed by atoms with E-state index in [9.17, 15) is 4.79 Å². The van der Waals surface area contributed by atoms with Gasteiger partial charge in [-0.15, -0.1) is 0 Å². The molecule has 0 aliphatic carbocycles. The average molecular weight is 204 g/mol. The first kappa shape index (κ1) is 11.5. The van der Waals surface area contributed by atoms with E-state index in [2.05, 4.69) is 0 Å². The molecular formula is C13H16O2. The van der Waals surface area contributed by atoms with E-state index in [1.165, 1.54) is 0 Å². The molecule has 0 unspecified atom stereocenters. The van der Waals surface area contributed by atoms with Crippen LogP contribution in [0.4, 0.5) is 0 Å². The molecule has 0 radical (unpaired) electrons. The number of carbonyl (C=O) groups excluding carboxylic acids is 1. The number of hydrogen-bond acceptors (Lipinski definition) is 2. The molecule has 1 aromatic carbocycles. The molecule has 0 saturated heterocycles. The van der Waals surface area contributed by atoms with Crippen LogP contribution in [0, 0.1) is 0 Å². The number of rotatable bonds is 5. The van der Waals surface area contributed by atoms with E-state index in [-0.39, 0.29) is 5.78 Å². The number of benzene rings is 1. The second kappa shape index (κ2) is 6.02. The van der Waals surface area contributed by atoms with E-state index in [4.69, 9.17) is 4.74 Å². The van der Waals surface area contributed by atoms with Gasteiger partial charge in [0.15, 0.2) is 5.78 Å². The lowest BCUT2D eigenvalue weighted by molar-refractivity contribution is 0.0982. The molecule has 0 heterocycles. The molecule has 0 saturated carbocycles. The number of ketones is 1. The van der Waals surface area contributed by atoms with Crippen molar-refractivity contribution in [2.45, 2.75) is 26.7 Å². The Labute approximate surface area is 90.6 Å². The van der Waals surface area contributed by atoms with Crippen molar-refractivity contribution in [3.8, 4) is 5.75 Å². The molecule has 0 aliphatic heterocycles. The number of allylic oxidation sites excluding steroid dienone is 1. The van der Waals surface area contributed by atoms with Gasteiger partial charge in [-0.3, -0.25) is 4.79 Å². The number of Topliss-reactive ketones (excluding diaryl/α,β-unsaturated/α-hetero) is 1. The molecular weight excluding hydrogens is 188 g/mol. The molecule has 80 valence electrons. The van der Waals surface area contributed by atoms with Gasteiger partial charge in [-0.2, -0.15) is 0 Å². The minimum Gasteiger partial charge on any atom is -0.465 e. The maximum absolute atomic E-state index is 11.5. The van der Waals surface area contributed by atoms with E-state index in [0.29, 0.717) is 6.42 Å². The molecule has 0 bridgehead atoms. The van der Waals surface area contributed by atoms with E-state index in [1.807, 2.05) is 32.1 Å². The van der Waals surface area contributed by atoms with E-state index >= 15 is 0 Å². The summed E-state index contributed by atoms with van der Waals surface area (Å²) in [6.45, 7) is 3.89. The van der Waals surface area contributed by atoms with Crippen LogP contribution in [0.15, 0.2) is 36.6 Å².